The van der Waals surface area contributed by atoms with Crippen molar-refractivity contribution in [2.24, 2.45) is 0 Å². The lowest BCUT2D eigenvalue weighted by Gasteiger charge is -2.39. The molecule has 13 nitrogen and oxygen atoms in total. The molecule has 0 saturated heterocycles. The first-order valence-corrected chi connectivity index (χ1v) is 11.0. The monoisotopic (exact) mass is 532 g/mol. The maximum Gasteiger partial charge on any atom is 0.365 e. The Hall–Kier alpha value is -4.59. The largest absolute Gasteiger partial charge is 0.504 e. The zero-order valence-corrected chi connectivity index (χ0v) is 19.5. The Kier molecular flexibility index (Phi) is 8.57. The van der Waals surface area contributed by atoms with Crippen molar-refractivity contribution in [3.8, 4) is 23.0 Å². The van der Waals surface area contributed by atoms with E-state index in [9.17, 15) is 50.1 Å². The maximum atomic E-state index is 12.3. The van der Waals surface area contributed by atoms with Gasteiger partial charge < -0.3 is 40.5 Å². The Balaban J connectivity index is 1.69. The molecule has 2 aromatic carbocycles. The third kappa shape index (κ3) is 7.00. The molecule has 0 radical (unpaired) electrons. The van der Waals surface area contributed by atoms with Crippen LogP contribution in [0.1, 0.15) is 24.0 Å². The summed E-state index contributed by atoms with van der Waals surface area (Å²) in [5.41, 5.74) is -1.85. The summed E-state index contributed by atoms with van der Waals surface area (Å²) in [7, 11) is 0. The van der Waals surface area contributed by atoms with Crippen molar-refractivity contribution in [2.75, 3.05) is 0 Å². The third-order valence-corrected chi connectivity index (χ3v) is 5.56. The van der Waals surface area contributed by atoms with E-state index in [1.54, 1.807) is 0 Å². The number of carbonyl (C=O) groups excluding carboxylic acids is 2. The highest BCUT2D eigenvalue weighted by Crippen LogP contribution is 2.33. The molecule has 202 valence electrons. The van der Waals surface area contributed by atoms with E-state index in [4.69, 9.17) is 9.62 Å². The number of aliphatic hydroxyl groups is 2. The Labute approximate surface area is 214 Å². The van der Waals surface area contributed by atoms with Gasteiger partial charge in [-0.2, -0.15) is 4.89 Å². The third-order valence-electron chi connectivity index (χ3n) is 5.56. The zero-order valence-electron chi connectivity index (χ0n) is 19.5. The van der Waals surface area contributed by atoms with Crippen LogP contribution in [0.25, 0.3) is 12.2 Å². The van der Waals surface area contributed by atoms with E-state index in [1.165, 1.54) is 42.5 Å². The number of carboxylic acid groups (broad SMARTS) is 1. The van der Waals surface area contributed by atoms with Crippen LogP contribution in [0.3, 0.4) is 0 Å². The number of aliphatic carboxylic acids is 1. The highest BCUT2D eigenvalue weighted by Gasteiger charge is 2.52. The second kappa shape index (κ2) is 11.6. The lowest BCUT2D eigenvalue weighted by Crippen LogP contribution is -2.58. The van der Waals surface area contributed by atoms with Gasteiger partial charge in [0.2, 0.25) is 0 Å². The summed E-state index contributed by atoms with van der Waals surface area (Å²) >= 11 is 0. The summed E-state index contributed by atoms with van der Waals surface area (Å²) in [5, 5.41) is 67.9. The maximum absolute atomic E-state index is 12.3. The lowest BCUT2D eigenvalue weighted by molar-refractivity contribution is -0.328. The van der Waals surface area contributed by atoms with Gasteiger partial charge in [-0.1, -0.05) is 12.1 Å². The average molecular weight is 532 g/mol. The molecule has 0 spiro atoms. The first-order chi connectivity index (χ1) is 17.9. The highest BCUT2D eigenvalue weighted by molar-refractivity contribution is 5.88. The van der Waals surface area contributed by atoms with Gasteiger partial charge >= 0.3 is 17.9 Å². The summed E-state index contributed by atoms with van der Waals surface area (Å²) in [6.07, 6.45) is -2.05. The van der Waals surface area contributed by atoms with Crippen LogP contribution in [0, 0.1) is 0 Å². The van der Waals surface area contributed by atoms with Crippen molar-refractivity contribution in [3.05, 3.63) is 59.7 Å². The van der Waals surface area contributed by atoms with Crippen LogP contribution in [0.2, 0.25) is 0 Å². The van der Waals surface area contributed by atoms with E-state index < -0.39 is 66.2 Å². The molecule has 7 N–H and O–H groups in total. The summed E-state index contributed by atoms with van der Waals surface area (Å²) < 4.78 is 5.17. The number of carboxylic acids is 1. The van der Waals surface area contributed by atoms with Gasteiger partial charge in [-0.15, -0.1) is 0 Å². The molecule has 2 aromatic rings. The predicted octanol–water partition coefficient (Wildman–Crippen LogP) is 0.961. The molecule has 4 unspecified atom stereocenters. The summed E-state index contributed by atoms with van der Waals surface area (Å²) in [6.45, 7) is 0. The average Bonchev–Trinajstić information content (AvgIpc) is 2.86. The molecule has 1 saturated carbocycles. The van der Waals surface area contributed by atoms with Crippen molar-refractivity contribution in [3.63, 3.8) is 0 Å². The molecule has 13 heteroatoms. The van der Waals surface area contributed by atoms with E-state index in [2.05, 4.69) is 4.89 Å². The quantitative estimate of drug-likeness (QED) is 0.0829. The number of benzene rings is 2. The number of aliphatic hydroxyl groups excluding tert-OH is 1. The number of phenolic OH excluding ortho intramolecular Hbond substituents is 4. The number of ether oxygens (including phenoxy) is 1. The fourth-order valence-electron chi connectivity index (χ4n) is 3.59. The number of carbonyl (C=O) groups is 3. The Morgan fingerprint density at radius 3 is 1.84 bits per heavy atom. The minimum absolute atomic E-state index is 0.311. The van der Waals surface area contributed by atoms with Gasteiger partial charge in [-0.05, 0) is 47.5 Å². The second-order valence-corrected chi connectivity index (χ2v) is 8.41. The molecule has 0 aromatic heterocycles. The number of hydrogen-bond donors (Lipinski definition) is 7. The molecule has 0 heterocycles. The van der Waals surface area contributed by atoms with Crippen LogP contribution in [0.15, 0.2) is 48.6 Å². The molecular formula is C25H24O13. The van der Waals surface area contributed by atoms with Crippen LogP contribution in [0.4, 0.5) is 0 Å². The highest BCUT2D eigenvalue weighted by atomic mass is 17.2. The first kappa shape index (κ1) is 28.0. The van der Waals surface area contributed by atoms with Crippen LogP contribution >= 0.6 is 0 Å². The Bertz CT molecular complexity index is 1270. The van der Waals surface area contributed by atoms with E-state index in [0.717, 1.165) is 18.2 Å². The molecule has 38 heavy (non-hydrogen) atoms. The van der Waals surface area contributed by atoms with Crippen molar-refractivity contribution in [1.82, 2.24) is 0 Å². The van der Waals surface area contributed by atoms with Gasteiger partial charge in [0.1, 0.15) is 6.10 Å². The molecule has 1 fully saturated rings. The fourth-order valence-corrected chi connectivity index (χ4v) is 3.59. The molecule has 4 atom stereocenters. The smallest absolute Gasteiger partial charge is 0.365 e. The minimum atomic E-state index is -2.47. The van der Waals surface area contributed by atoms with E-state index in [0.29, 0.717) is 11.1 Å². The summed E-state index contributed by atoms with van der Waals surface area (Å²) in [4.78, 5) is 45.5. The molecule has 1 aliphatic carbocycles. The number of phenols is 4. The lowest BCUT2D eigenvalue weighted by atomic mass is 9.79. The normalized spacial score (nSPS) is 23.4. The van der Waals surface area contributed by atoms with Gasteiger partial charge in [-0.3, -0.25) is 4.89 Å². The summed E-state index contributed by atoms with van der Waals surface area (Å²) in [5.74, 6) is -5.40. The van der Waals surface area contributed by atoms with Crippen molar-refractivity contribution < 1.29 is 64.6 Å². The molecule has 1 aliphatic rings. The Morgan fingerprint density at radius 2 is 1.34 bits per heavy atom. The van der Waals surface area contributed by atoms with Crippen molar-refractivity contribution in [2.45, 2.75) is 36.8 Å². The molecule has 0 bridgehead atoms. The van der Waals surface area contributed by atoms with Gasteiger partial charge in [0.05, 0.1) is 6.10 Å². The molecule has 3 rings (SSSR count). The van der Waals surface area contributed by atoms with Crippen molar-refractivity contribution >= 4 is 30.1 Å². The number of esters is 1. The van der Waals surface area contributed by atoms with Gasteiger partial charge in [0, 0.05) is 25.0 Å². The van der Waals surface area contributed by atoms with E-state index >= 15 is 0 Å². The molecule has 0 aliphatic heterocycles. The van der Waals surface area contributed by atoms with Crippen LogP contribution in [-0.2, 0) is 28.9 Å². The topological polar surface area (TPSA) is 221 Å². The van der Waals surface area contributed by atoms with E-state index in [1.807, 2.05) is 0 Å². The number of rotatable bonds is 8. The number of aromatic hydroxyl groups is 4. The number of hydrogen-bond acceptors (Lipinski definition) is 12. The fraction of sp³-hybridized carbons (Fsp3) is 0.240. The van der Waals surface area contributed by atoms with Crippen LogP contribution in [-0.4, -0.2) is 77.6 Å². The summed E-state index contributed by atoms with van der Waals surface area (Å²) in [6, 6.07) is 7.47. The zero-order chi connectivity index (χ0) is 28.0. The van der Waals surface area contributed by atoms with Crippen LogP contribution < -0.4 is 0 Å². The minimum Gasteiger partial charge on any atom is -0.504 e. The predicted molar refractivity (Wildman–Crippen MR) is 126 cm³/mol. The van der Waals surface area contributed by atoms with Crippen LogP contribution in [0.5, 0.6) is 23.0 Å². The van der Waals surface area contributed by atoms with Gasteiger partial charge in [0.15, 0.2) is 34.7 Å². The SMILES string of the molecule is O=C(/C=C/c1ccc(O)c(O)c1)OOC1CC(O)(C(=O)O)CC(O)C1OC(=O)/C=C/c1ccc(O)c(O)c1. The standard InChI is InChI=1S/C25H24O13/c26-15-5-1-13(9-17(15)28)3-7-21(31)36-23-19(30)11-25(35,24(33)34)12-20(23)37-38-22(32)8-4-14-2-6-16(27)18(29)10-14/h1-10,19-20,23,26-30,35H,11-12H2,(H,33,34)/b7-3+,8-4+. The van der Waals surface area contributed by atoms with Gasteiger partial charge in [0.25, 0.3) is 0 Å². The Morgan fingerprint density at radius 1 is 0.816 bits per heavy atom. The van der Waals surface area contributed by atoms with E-state index in [-0.39, 0.29) is 11.5 Å². The second-order valence-electron chi connectivity index (χ2n) is 8.41. The molecule has 0 amide bonds. The molecular weight excluding hydrogens is 508 g/mol. The first-order valence-electron chi connectivity index (χ1n) is 11.0. The van der Waals surface area contributed by atoms with Crippen molar-refractivity contribution in [1.29, 1.82) is 0 Å². The van der Waals surface area contributed by atoms with Gasteiger partial charge in [-0.25, -0.2) is 14.4 Å².